The molecule has 0 aromatic heterocycles. The lowest BCUT2D eigenvalue weighted by molar-refractivity contribution is 0.405. The van der Waals surface area contributed by atoms with Gasteiger partial charge < -0.3 is 5.32 Å². The second-order valence-electron chi connectivity index (χ2n) is 3.23. The van der Waals surface area contributed by atoms with E-state index in [0.29, 0.717) is 0 Å². The number of nitrogens with one attached hydrogen (secondary N) is 1. The molecule has 0 unspecified atom stereocenters. The topological polar surface area (TPSA) is 12.0 Å². The van der Waals surface area contributed by atoms with Gasteiger partial charge in [0, 0.05) is 12.1 Å². The fourth-order valence-electron chi connectivity index (χ4n) is 2.13. The summed E-state index contributed by atoms with van der Waals surface area (Å²) in [5.41, 5.74) is 0. The van der Waals surface area contributed by atoms with Crippen LogP contribution < -0.4 is 5.32 Å². The molecule has 1 aliphatic heterocycles. The molecule has 1 N–H and O–H groups in total. The molecule has 46 valence electrons. The highest BCUT2D eigenvalue weighted by Gasteiger charge is 2.35. The Balaban J connectivity index is 2.11. The predicted octanol–water partition coefficient (Wildman–Crippen LogP) is 1.15. The summed E-state index contributed by atoms with van der Waals surface area (Å²) >= 11 is 0. The molecule has 1 nitrogen and oxygen atoms in total. The van der Waals surface area contributed by atoms with E-state index in [9.17, 15) is 0 Å². The lowest BCUT2D eigenvalue weighted by Crippen LogP contribution is -2.32. The van der Waals surface area contributed by atoms with E-state index in [4.69, 9.17) is 0 Å². The van der Waals surface area contributed by atoms with Crippen molar-refractivity contribution in [3.05, 3.63) is 0 Å². The van der Waals surface area contributed by atoms with E-state index in [1.807, 2.05) is 0 Å². The van der Waals surface area contributed by atoms with Crippen LogP contribution in [0, 0.1) is 5.92 Å². The highest BCUT2D eigenvalue weighted by Crippen LogP contribution is 2.34. The van der Waals surface area contributed by atoms with E-state index in [-0.39, 0.29) is 0 Å². The first-order chi connectivity index (χ1) is 3.86. The molecule has 0 aromatic rings. The molecule has 1 heteroatoms. The normalized spacial score (nSPS) is 52.9. The Morgan fingerprint density at radius 2 is 2.25 bits per heavy atom. The second-order valence-corrected chi connectivity index (χ2v) is 3.23. The van der Waals surface area contributed by atoms with Crippen molar-refractivity contribution >= 4 is 0 Å². The summed E-state index contributed by atoms with van der Waals surface area (Å²) in [6, 6.07) is 1.73. The maximum atomic E-state index is 3.55. The van der Waals surface area contributed by atoms with Gasteiger partial charge in [0.2, 0.25) is 0 Å². The van der Waals surface area contributed by atoms with Crippen molar-refractivity contribution in [3.63, 3.8) is 0 Å². The Kier molecular flexibility index (Phi) is 0.884. The molecule has 0 amide bonds. The van der Waals surface area contributed by atoms with Crippen LogP contribution in [0.3, 0.4) is 0 Å². The molecule has 3 atom stereocenters. The van der Waals surface area contributed by atoms with Gasteiger partial charge in [0.15, 0.2) is 0 Å². The van der Waals surface area contributed by atoms with Crippen LogP contribution in [0.5, 0.6) is 0 Å². The second kappa shape index (κ2) is 1.47. The Labute approximate surface area is 50.5 Å². The van der Waals surface area contributed by atoms with Crippen molar-refractivity contribution in [2.24, 2.45) is 5.92 Å². The maximum Gasteiger partial charge on any atom is 0.00729 e. The van der Waals surface area contributed by atoms with Gasteiger partial charge in [0.25, 0.3) is 0 Å². The zero-order valence-electron chi connectivity index (χ0n) is 5.35. The molecule has 0 spiro atoms. The third kappa shape index (κ3) is 0.510. The van der Waals surface area contributed by atoms with Gasteiger partial charge >= 0.3 is 0 Å². The van der Waals surface area contributed by atoms with Crippen LogP contribution in [0.4, 0.5) is 0 Å². The zero-order valence-corrected chi connectivity index (χ0v) is 5.35. The van der Waals surface area contributed by atoms with Crippen LogP contribution in [-0.2, 0) is 0 Å². The van der Waals surface area contributed by atoms with Gasteiger partial charge in [-0.3, -0.25) is 0 Å². The summed E-state index contributed by atoms with van der Waals surface area (Å²) in [5.74, 6) is 1.03. The van der Waals surface area contributed by atoms with E-state index in [1.165, 1.54) is 19.3 Å². The van der Waals surface area contributed by atoms with E-state index in [1.54, 1.807) is 0 Å². The zero-order chi connectivity index (χ0) is 5.56. The van der Waals surface area contributed by atoms with Crippen molar-refractivity contribution in [3.8, 4) is 0 Å². The number of hydrogen-bond donors (Lipinski definition) is 1. The van der Waals surface area contributed by atoms with Crippen molar-refractivity contribution < 1.29 is 0 Å². The van der Waals surface area contributed by atoms with Gasteiger partial charge in [0.05, 0.1) is 0 Å². The van der Waals surface area contributed by atoms with Gasteiger partial charge in [-0.15, -0.1) is 0 Å². The minimum absolute atomic E-state index is 0.828. The summed E-state index contributed by atoms with van der Waals surface area (Å²) in [6.07, 6.45) is 4.38. The molecule has 8 heavy (non-hydrogen) atoms. The van der Waals surface area contributed by atoms with Crippen LogP contribution in [0.2, 0.25) is 0 Å². The van der Waals surface area contributed by atoms with Crippen LogP contribution in [0.25, 0.3) is 0 Å². The van der Waals surface area contributed by atoms with Crippen LogP contribution >= 0.6 is 0 Å². The Bertz CT molecular complexity index is 98.6. The number of rotatable bonds is 0. The van der Waals surface area contributed by atoms with Gasteiger partial charge in [0.1, 0.15) is 0 Å². The van der Waals surface area contributed by atoms with Gasteiger partial charge in [-0.05, 0) is 32.1 Å². The lowest BCUT2D eigenvalue weighted by atomic mass is 10.0. The standard InChI is InChI=1S/C7H13N/c1-5-6-2-3-7(4-6)8-5/h5-8H,2-4H2,1H3/t5-,6+,7-/m1/s1. The van der Waals surface area contributed by atoms with Crippen LogP contribution in [0.1, 0.15) is 26.2 Å². The molecule has 2 bridgehead atoms. The summed E-state index contributed by atoms with van der Waals surface area (Å²) in [7, 11) is 0. The molecule has 1 saturated heterocycles. The highest BCUT2D eigenvalue weighted by atomic mass is 15.0. The van der Waals surface area contributed by atoms with Crippen LogP contribution in [-0.4, -0.2) is 12.1 Å². The molecule has 1 saturated carbocycles. The lowest BCUT2D eigenvalue weighted by Gasteiger charge is -2.17. The summed E-state index contributed by atoms with van der Waals surface area (Å²) < 4.78 is 0. The molecule has 1 aliphatic carbocycles. The SMILES string of the molecule is C[C@H]1N[C@@H]2CC[C@H]1C2. The van der Waals surface area contributed by atoms with Gasteiger partial charge in [-0.2, -0.15) is 0 Å². The molecule has 2 rings (SSSR count). The fourth-order valence-corrected chi connectivity index (χ4v) is 2.13. The average molecular weight is 111 g/mol. The number of hydrogen-bond acceptors (Lipinski definition) is 1. The van der Waals surface area contributed by atoms with E-state index < -0.39 is 0 Å². The molecule has 2 fully saturated rings. The monoisotopic (exact) mass is 111 g/mol. The fraction of sp³-hybridized carbons (Fsp3) is 1.00. The predicted molar refractivity (Wildman–Crippen MR) is 33.7 cm³/mol. The smallest absolute Gasteiger partial charge is 0.00729 e. The summed E-state index contributed by atoms with van der Waals surface area (Å²) in [4.78, 5) is 0. The van der Waals surface area contributed by atoms with E-state index >= 15 is 0 Å². The van der Waals surface area contributed by atoms with E-state index in [2.05, 4.69) is 12.2 Å². The molecule has 0 radical (unpaired) electrons. The van der Waals surface area contributed by atoms with Crippen molar-refractivity contribution in [1.82, 2.24) is 5.32 Å². The molecule has 0 aromatic carbocycles. The molecule has 2 aliphatic rings. The maximum absolute atomic E-state index is 3.55. The third-order valence-electron chi connectivity index (χ3n) is 2.68. The molecular weight excluding hydrogens is 98.1 g/mol. The first-order valence-corrected chi connectivity index (χ1v) is 3.62. The molecular formula is C7H13N. The summed E-state index contributed by atoms with van der Waals surface area (Å²) in [6.45, 7) is 2.31. The Morgan fingerprint density at radius 3 is 2.50 bits per heavy atom. The van der Waals surface area contributed by atoms with Crippen molar-refractivity contribution in [2.45, 2.75) is 38.3 Å². The highest BCUT2D eigenvalue weighted by molar-refractivity contribution is 4.94. The average Bonchev–Trinajstić information content (AvgIpc) is 2.23. The van der Waals surface area contributed by atoms with Gasteiger partial charge in [-0.25, -0.2) is 0 Å². The quantitative estimate of drug-likeness (QED) is 0.494. The van der Waals surface area contributed by atoms with Gasteiger partial charge in [-0.1, -0.05) is 0 Å². The Hall–Kier alpha value is -0.0400. The van der Waals surface area contributed by atoms with Crippen molar-refractivity contribution in [1.29, 1.82) is 0 Å². The first-order valence-electron chi connectivity index (χ1n) is 3.62. The first kappa shape index (κ1) is 4.80. The molecule has 1 heterocycles. The minimum Gasteiger partial charge on any atom is -0.311 e. The Morgan fingerprint density at radius 1 is 1.38 bits per heavy atom. The number of piperidine rings is 1. The third-order valence-corrected chi connectivity index (χ3v) is 2.68. The van der Waals surface area contributed by atoms with E-state index in [0.717, 1.165) is 18.0 Å². The summed E-state index contributed by atoms with van der Waals surface area (Å²) in [5, 5.41) is 3.55. The largest absolute Gasteiger partial charge is 0.311 e. The minimum atomic E-state index is 0.828. The van der Waals surface area contributed by atoms with Crippen LogP contribution in [0.15, 0.2) is 0 Å². The number of fused-ring (bicyclic) bond motifs is 2. The van der Waals surface area contributed by atoms with Crippen molar-refractivity contribution in [2.75, 3.05) is 0 Å².